The highest BCUT2D eigenvalue weighted by molar-refractivity contribution is 5.94. The first-order valence-corrected chi connectivity index (χ1v) is 9.96. The number of nitrogens with one attached hydrogen (secondary N) is 1. The van der Waals surface area contributed by atoms with E-state index in [1.165, 1.54) is 25.7 Å². The summed E-state index contributed by atoms with van der Waals surface area (Å²) in [7, 11) is 0. The number of ether oxygens (including phenoxy) is 1. The third kappa shape index (κ3) is 3.73. The number of amides is 1. The van der Waals surface area contributed by atoms with Gasteiger partial charge in [0.1, 0.15) is 18.1 Å². The molecule has 0 saturated heterocycles. The molecular formula is C22H28N2O3. The maximum absolute atomic E-state index is 12.8. The maximum Gasteiger partial charge on any atom is 0.274 e. The largest absolute Gasteiger partial charge is 0.489 e. The van der Waals surface area contributed by atoms with Gasteiger partial charge in [-0.3, -0.25) is 4.79 Å². The molecule has 2 fully saturated rings. The molecule has 1 aromatic carbocycles. The van der Waals surface area contributed by atoms with Gasteiger partial charge in [0.25, 0.3) is 5.91 Å². The fourth-order valence-electron chi connectivity index (χ4n) is 4.89. The van der Waals surface area contributed by atoms with Gasteiger partial charge in [0.2, 0.25) is 0 Å². The van der Waals surface area contributed by atoms with Crippen molar-refractivity contribution in [1.29, 1.82) is 0 Å². The minimum Gasteiger partial charge on any atom is -0.489 e. The number of hydrogen-bond donors (Lipinski definition) is 1. The van der Waals surface area contributed by atoms with Gasteiger partial charge in [0.15, 0.2) is 5.69 Å². The van der Waals surface area contributed by atoms with Crippen LogP contribution in [0, 0.1) is 31.6 Å². The van der Waals surface area contributed by atoms with Crippen LogP contribution in [-0.2, 0) is 6.61 Å². The molecule has 2 bridgehead atoms. The first kappa shape index (κ1) is 18.1. The van der Waals surface area contributed by atoms with Gasteiger partial charge in [-0.25, -0.2) is 0 Å². The predicted octanol–water partition coefficient (Wildman–Crippen LogP) is 4.42. The summed E-state index contributed by atoms with van der Waals surface area (Å²) in [5.74, 6) is 3.47. The Hall–Kier alpha value is -2.30. The second-order valence-corrected chi connectivity index (χ2v) is 8.27. The summed E-state index contributed by atoms with van der Waals surface area (Å²) >= 11 is 0. The summed E-state index contributed by atoms with van der Waals surface area (Å²) in [5.41, 5.74) is 2.19. The molecule has 2 aliphatic carbocycles. The van der Waals surface area contributed by atoms with Crippen LogP contribution in [0.1, 0.15) is 60.0 Å². The summed E-state index contributed by atoms with van der Waals surface area (Å²) in [6, 6.07) is 8.02. The number of fused-ring (bicyclic) bond motifs is 2. The third-order valence-corrected chi connectivity index (χ3v) is 6.37. The average molecular weight is 368 g/mol. The lowest BCUT2D eigenvalue weighted by atomic mass is 9.84. The Morgan fingerprint density at radius 1 is 1.33 bits per heavy atom. The van der Waals surface area contributed by atoms with Crippen molar-refractivity contribution in [2.24, 2.45) is 17.8 Å². The predicted molar refractivity (Wildman–Crippen MR) is 103 cm³/mol. The van der Waals surface area contributed by atoms with E-state index >= 15 is 0 Å². The van der Waals surface area contributed by atoms with E-state index in [1.54, 1.807) is 0 Å². The Morgan fingerprint density at radius 3 is 2.89 bits per heavy atom. The van der Waals surface area contributed by atoms with Crippen LogP contribution in [0.4, 0.5) is 0 Å². The van der Waals surface area contributed by atoms with Gasteiger partial charge in [0, 0.05) is 6.04 Å². The highest BCUT2D eigenvalue weighted by Crippen LogP contribution is 2.49. The Balaban J connectivity index is 1.42. The SMILES string of the molecule is Cc1cccc(OCc2c(C(=O)NC(C)C3CC4CCC3C4)noc2C)c1. The van der Waals surface area contributed by atoms with E-state index < -0.39 is 0 Å². The van der Waals surface area contributed by atoms with Crippen molar-refractivity contribution < 1.29 is 14.1 Å². The van der Waals surface area contributed by atoms with Crippen molar-refractivity contribution in [3.63, 3.8) is 0 Å². The lowest BCUT2D eigenvalue weighted by molar-refractivity contribution is 0.0904. The molecule has 0 aliphatic heterocycles. The van der Waals surface area contributed by atoms with Crippen LogP contribution in [0.5, 0.6) is 5.75 Å². The summed E-state index contributed by atoms with van der Waals surface area (Å²) in [6.45, 7) is 6.23. The fourth-order valence-corrected chi connectivity index (χ4v) is 4.89. The number of nitrogens with zero attached hydrogens (tertiary/aromatic N) is 1. The van der Waals surface area contributed by atoms with Crippen molar-refractivity contribution >= 4 is 5.91 Å². The molecule has 1 heterocycles. The fraction of sp³-hybridized carbons (Fsp3) is 0.545. The molecule has 1 amide bonds. The van der Waals surface area contributed by atoms with Crippen LogP contribution in [-0.4, -0.2) is 17.1 Å². The number of aromatic nitrogens is 1. The highest BCUT2D eigenvalue weighted by atomic mass is 16.5. The molecule has 5 heteroatoms. The van der Waals surface area contributed by atoms with E-state index in [0.29, 0.717) is 22.9 Å². The standard InChI is InChI=1S/C22H28N2O3/c1-13-5-4-6-18(9-13)26-12-20-15(3)27-24-21(20)22(25)23-14(2)19-11-16-7-8-17(19)10-16/h4-6,9,14,16-17,19H,7-8,10-12H2,1-3H3,(H,23,25). The first-order valence-electron chi connectivity index (χ1n) is 9.96. The Bertz CT molecular complexity index is 829. The Morgan fingerprint density at radius 2 is 2.19 bits per heavy atom. The van der Waals surface area contributed by atoms with Gasteiger partial charge in [-0.15, -0.1) is 0 Å². The molecule has 1 aromatic heterocycles. The molecule has 1 N–H and O–H groups in total. The van der Waals surface area contributed by atoms with Gasteiger partial charge in [-0.2, -0.15) is 0 Å². The minimum atomic E-state index is -0.162. The quantitative estimate of drug-likeness (QED) is 0.819. The van der Waals surface area contributed by atoms with E-state index in [-0.39, 0.29) is 18.6 Å². The third-order valence-electron chi connectivity index (χ3n) is 6.37. The van der Waals surface area contributed by atoms with Crippen molar-refractivity contribution in [2.75, 3.05) is 0 Å². The number of rotatable bonds is 6. The summed E-state index contributed by atoms with van der Waals surface area (Å²) < 4.78 is 11.2. The number of benzene rings is 1. The van der Waals surface area contributed by atoms with Crippen LogP contribution in [0.15, 0.2) is 28.8 Å². The number of hydrogen-bond acceptors (Lipinski definition) is 4. The normalized spacial score (nSPS) is 24.8. The molecule has 2 aromatic rings. The smallest absolute Gasteiger partial charge is 0.274 e. The van der Waals surface area contributed by atoms with Gasteiger partial charge >= 0.3 is 0 Å². The maximum atomic E-state index is 12.8. The van der Waals surface area contributed by atoms with E-state index in [9.17, 15) is 4.79 Å². The monoisotopic (exact) mass is 368 g/mol. The average Bonchev–Trinajstić information content (AvgIpc) is 3.35. The molecule has 5 nitrogen and oxygen atoms in total. The van der Waals surface area contributed by atoms with Crippen molar-refractivity contribution in [3.05, 3.63) is 46.8 Å². The van der Waals surface area contributed by atoms with Gasteiger partial charge < -0.3 is 14.6 Å². The Kier molecular flexibility index (Phi) is 4.94. The zero-order chi connectivity index (χ0) is 19.0. The highest BCUT2D eigenvalue weighted by Gasteiger charge is 2.42. The van der Waals surface area contributed by atoms with Crippen LogP contribution >= 0.6 is 0 Å². The summed E-state index contributed by atoms with van der Waals surface area (Å²) in [6.07, 6.45) is 5.26. The molecule has 0 radical (unpaired) electrons. The molecule has 4 atom stereocenters. The first-order chi connectivity index (χ1) is 13.0. The second kappa shape index (κ2) is 7.37. The zero-order valence-corrected chi connectivity index (χ0v) is 16.3. The lowest BCUT2D eigenvalue weighted by Gasteiger charge is -2.28. The molecule has 0 spiro atoms. The van der Waals surface area contributed by atoms with Crippen molar-refractivity contribution in [3.8, 4) is 5.75 Å². The Labute approximate surface area is 160 Å². The van der Waals surface area contributed by atoms with Crippen LogP contribution in [0.25, 0.3) is 0 Å². The molecule has 144 valence electrons. The molecular weight excluding hydrogens is 340 g/mol. The van der Waals surface area contributed by atoms with E-state index in [1.807, 2.05) is 38.1 Å². The van der Waals surface area contributed by atoms with E-state index in [0.717, 1.165) is 23.1 Å². The van der Waals surface area contributed by atoms with Gasteiger partial charge in [0.05, 0.1) is 5.56 Å². The molecule has 4 rings (SSSR count). The van der Waals surface area contributed by atoms with E-state index in [4.69, 9.17) is 9.26 Å². The summed E-state index contributed by atoms with van der Waals surface area (Å²) in [4.78, 5) is 12.8. The molecule has 27 heavy (non-hydrogen) atoms. The van der Waals surface area contributed by atoms with Gasteiger partial charge in [-0.1, -0.05) is 23.7 Å². The lowest BCUT2D eigenvalue weighted by Crippen LogP contribution is -2.40. The van der Waals surface area contributed by atoms with Crippen LogP contribution in [0.2, 0.25) is 0 Å². The van der Waals surface area contributed by atoms with Gasteiger partial charge in [-0.05, 0) is 75.5 Å². The van der Waals surface area contributed by atoms with Crippen LogP contribution in [0.3, 0.4) is 0 Å². The minimum absolute atomic E-state index is 0.162. The number of aryl methyl sites for hydroxylation is 2. The second-order valence-electron chi connectivity index (χ2n) is 8.27. The van der Waals surface area contributed by atoms with Crippen LogP contribution < -0.4 is 10.1 Å². The molecule has 2 aliphatic rings. The topological polar surface area (TPSA) is 64.4 Å². The van der Waals surface area contributed by atoms with Crippen molar-refractivity contribution in [2.45, 2.75) is 59.1 Å². The molecule has 4 unspecified atom stereocenters. The zero-order valence-electron chi connectivity index (χ0n) is 16.3. The number of carbonyl (C=O) groups is 1. The van der Waals surface area contributed by atoms with Crippen molar-refractivity contribution in [1.82, 2.24) is 10.5 Å². The van der Waals surface area contributed by atoms with E-state index in [2.05, 4.69) is 17.4 Å². The molecule has 2 saturated carbocycles. The number of carbonyl (C=O) groups excluding carboxylic acids is 1. The summed E-state index contributed by atoms with van der Waals surface area (Å²) in [5, 5.41) is 7.17.